The average molecular weight is 407 g/mol. The van der Waals surface area contributed by atoms with Crippen molar-refractivity contribution in [2.75, 3.05) is 47.5 Å². The van der Waals surface area contributed by atoms with E-state index in [4.69, 9.17) is 19.7 Å². The molecule has 0 aliphatic carbocycles. The van der Waals surface area contributed by atoms with Crippen molar-refractivity contribution in [1.82, 2.24) is 5.32 Å². The largest absolute Gasteiger partial charge is 0.481 e. The van der Waals surface area contributed by atoms with Gasteiger partial charge in [-0.2, -0.15) is 0 Å². The van der Waals surface area contributed by atoms with Gasteiger partial charge in [-0.25, -0.2) is 4.79 Å². The number of rotatable bonds is 17. The molecule has 0 aliphatic heterocycles. The molecule has 2 unspecified atom stereocenters. The molecule has 10 nitrogen and oxygen atoms in total. The Morgan fingerprint density at radius 3 is 2.21 bits per heavy atom. The van der Waals surface area contributed by atoms with E-state index in [-0.39, 0.29) is 32.7 Å². The monoisotopic (exact) mass is 407 g/mol. The van der Waals surface area contributed by atoms with Gasteiger partial charge in [0.1, 0.15) is 0 Å². The number of nitrogens with zero attached hydrogens (tertiary/aromatic N) is 1. The number of carbonyl (C=O) groups excluding carboxylic acids is 1. The normalized spacial score (nSPS) is 13.7. The van der Waals surface area contributed by atoms with Crippen molar-refractivity contribution >= 4 is 17.9 Å². The summed E-state index contributed by atoms with van der Waals surface area (Å²) >= 11 is 0. The molecule has 0 fully saturated rings. The fourth-order valence-electron chi connectivity index (χ4n) is 2.55. The first-order chi connectivity index (χ1) is 13.1. The Bertz CT molecular complexity index is 479. The number of ether oxygens (including phenoxy) is 2. The minimum Gasteiger partial charge on any atom is -0.481 e. The van der Waals surface area contributed by atoms with E-state index in [2.05, 4.69) is 5.32 Å². The van der Waals surface area contributed by atoms with E-state index in [0.29, 0.717) is 36.7 Å². The summed E-state index contributed by atoms with van der Waals surface area (Å²) in [6, 6.07) is -0.539. The van der Waals surface area contributed by atoms with Gasteiger partial charge in [0, 0.05) is 19.3 Å². The Morgan fingerprint density at radius 1 is 1.04 bits per heavy atom. The van der Waals surface area contributed by atoms with Crippen LogP contribution in [0.4, 0.5) is 0 Å². The number of aliphatic hydroxyl groups is 1. The first-order valence-corrected chi connectivity index (χ1v) is 9.45. The number of esters is 1. The van der Waals surface area contributed by atoms with Gasteiger partial charge in [0.05, 0.1) is 41.0 Å². The van der Waals surface area contributed by atoms with Gasteiger partial charge in [-0.05, 0) is 25.8 Å². The van der Waals surface area contributed by atoms with Crippen LogP contribution in [0.25, 0.3) is 0 Å². The van der Waals surface area contributed by atoms with E-state index in [1.165, 1.54) is 0 Å². The van der Waals surface area contributed by atoms with E-state index in [1.54, 1.807) is 0 Å². The Hall–Kier alpha value is -1.75. The Morgan fingerprint density at radius 2 is 1.68 bits per heavy atom. The smallest absolute Gasteiger partial charge is 0.362 e. The van der Waals surface area contributed by atoms with E-state index >= 15 is 0 Å². The molecule has 0 aliphatic rings. The first-order valence-electron chi connectivity index (χ1n) is 9.45. The summed E-state index contributed by atoms with van der Waals surface area (Å²) in [5.74, 6) is -2.23. The molecule has 0 bridgehead atoms. The van der Waals surface area contributed by atoms with Gasteiger partial charge in [0.2, 0.25) is 0 Å². The molecule has 4 N–H and O–H groups in total. The molecule has 0 aromatic carbocycles. The molecular weight excluding hydrogens is 372 g/mol. The molecule has 10 heteroatoms. The molecular formula is C18H35N2O8+. The molecule has 28 heavy (non-hydrogen) atoms. The maximum absolute atomic E-state index is 11.9. The van der Waals surface area contributed by atoms with Crippen molar-refractivity contribution in [1.29, 1.82) is 0 Å². The molecule has 0 aromatic rings. The Balaban J connectivity index is 4.38. The second-order valence-corrected chi connectivity index (χ2v) is 7.44. The highest BCUT2D eigenvalue weighted by Crippen LogP contribution is 2.10. The third-order valence-corrected chi connectivity index (χ3v) is 4.05. The van der Waals surface area contributed by atoms with Crippen molar-refractivity contribution in [3.05, 3.63) is 0 Å². The number of quaternary nitrogens is 1. The number of carboxylic acids is 2. The summed E-state index contributed by atoms with van der Waals surface area (Å²) in [7, 11) is 5.47. The van der Waals surface area contributed by atoms with Crippen molar-refractivity contribution in [2.24, 2.45) is 0 Å². The maximum Gasteiger partial charge on any atom is 0.362 e. The lowest BCUT2D eigenvalue weighted by Gasteiger charge is -2.31. The third kappa shape index (κ3) is 13.4. The molecule has 0 spiro atoms. The molecule has 0 heterocycles. The summed E-state index contributed by atoms with van der Waals surface area (Å²) in [5.41, 5.74) is 0. The lowest BCUT2D eigenvalue weighted by molar-refractivity contribution is -0.887. The molecule has 0 saturated heterocycles. The van der Waals surface area contributed by atoms with Crippen molar-refractivity contribution in [3.8, 4) is 0 Å². The van der Waals surface area contributed by atoms with Crippen LogP contribution >= 0.6 is 0 Å². The summed E-state index contributed by atoms with van der Waals surface area (Å²) in [6.45, 7) is 0.443. The predicted molar refractivity (Wildman–Crippen MR) is 101 cm³/mol. The van der Waals surface area contributed by atoms with Crippen LogP contribution in [0, 0.1) is 0 Å². The molecule has 0 aromatic heterocycles. The molecule has 0 saturated carbocycles. The number of hydrogen-bond acceptors (Lipinski definition) is 7. The number of aliphatic hydroxyl groups excluding tert-OH is 1. The number of carboxylic acid groups (broad SMARTS) is 2. The number of nitrogens with one attached hydrogen (secondary N) is 1. The molecule has 164 valence electrons. The van der Waals surface area contributed by atoms with Crippen molar-refractivity contribution in [3.63, 3.8) is 0 Å². The molecule has 0 rings (SSSR count). The number of unbranched alkanes of at least 4 members (excludes halogenated alkanes) is 1. The lowest BCUT2D eigenvalue weighted by Crippen LogP contribution is -2.50. The summed E-state index contributed by atoms with van der Waals surface area (Å²) in [5, 5.41) is 29.7. The van der Waals surface area contributed by atoms with Crippen LogP contribution in [0.2, 0.25) is 0 Å². The van der Waals surface area contributed by atoms with E-state index in [9.17, 15) is 19.5 Å². The number of aliphatic carboxylic acids is 2. The zero-order chi connectivity index (χ0) is 21.6. The number of likely N-dealkylation sites (N-methyl/N-ethyl adjacent to an activating group) is 1. The lowest BCUT2D eigenvalue weighted by atomic mass is 10.1. The number of hydrogen-bond donors (Lipinski definition) is 4. The van der Waals surface area contributed by atoms with E-state index in [1.807, 2.05) is 21.1 Å². The topological polar surface area (TPSA) is 142 Å². The third-order valence-electron chi connectivity index (χ3n) is 4.05. The van der Waals surface area contributed by atoms with Gasteiger partial charge < -0.3 is 29.3 Å². The van der Waals surface area contributed by atoms with Crippen molar-refractivity contribution < 1.29 is 43.7 Å². The van der Waals surface area contributed by atoms with Gasteiger partial charge in [-0.3, -0.25) is 14.9 Å². The molecule has 0 amide bonds. The zero-order valence-corrected chi connectivity index (χ0v) is 17.1. The highest BCUT2D eigenvalue weighted by atomic mass is 16.6. The summed E-state index contributed by atoms with van der Waals surface area (Å²) in [4.78, 5) is 33.7. The minimum atomic E-state index is -0.904. The molecule has 2 atom stereocenters. The van der Waals surface area contributed by atoms with Gasteiger partial charge >= 0.3 is 17.9 Å². The minimum absolute atomic E-state index is 0.00555. The average Bonchev–Trinajstić information content (AvgIpc) is 2.56. The predicted octanol–water partition coefficient (Wildman–Crippen LogP) is 0.0388. The van der Waals surface area contributed by atoms with E-state index < -0.39 is 30.2 Å². The quantitative estimate of drug-likeness (QED) is 0.114. The highest BCUT2D eigenvalue weighted by molar-refractivity contribution is 5.72. The summed E-state index contributed by atoms with van der Waals surface area (Å²) < 4.78 is 10.8. The molecule has 0 radical (unpaired) electrons. The van der Waals surface area contributed by atoms with Gasteiger partial charge in [0.15, 0.2) is 12.3 Å². The van der Waals surface area contributed by atoms with Gasteiger partial charge in [-0.1, -0.05) is 0 Å². The standard InChI is InChI=1S/C18H34N2O8/c1-20(2,3)14(18(25)26)7-6-10-19-15(13-27-12-11-21)28-17(24)9-5-4-8-16(22)23/h14-15,19,21H,4-13H2,1-3H3,(H-,22,23,25,26)/p+1. The fourth-order valence-corrected chi connectivity index (χ4v) is 2.55. The number of carbonyl (C=O) groups is 3. The van der Waals surface area contributed by atoms with E-state index in [0.717, 1.165) is 0 Å². The van der Waals surface area contributed by atoms with Crippen LogP contribution in [0.3, 0.4) is 0 Å². The SMILES string of the molecule is C[N+](C)(C)C(CCCNC(COCCO)OC(=O)CCCCC(=O)O)C(=O)O. The zero-order valence-electron chi connectivity index (χ0n) is 17.1. The second-order valence-electron chi connectivity index (χ2n) is 7.44. The second kappa shape index (κ2) is 14.3. The van der Waals surface area contributed by atoms with Crippen LogP contribution in [0.5, 0.6) is 0 Å². The maximum atomic E-state index is 11.9. The Labute approximate surface area is 166 Å². The van der Waals surface area contributed by atoms with Crippen LogP contribution in [-0.4, -0.2) is 97.5 Å². The van der Waals surface area contributed by atoms with Crippen LogP contribution in [0.15, 0.2) is 0 Å². The Kier molecular flexibility index (Phi) is 13.4. The van der Waals surface area contributed by atoms with Gasteiger partial charge in [-0.15, -0.1) is 0 Å². The summed E-state index contributed by atoms with van der Waals surface area (Å²) in [6.07, 6.45) is 1.23. The van der Waals surface area contributed by atoms with Crippen molar-refractivity contribution in [2.45, 2.75) is 50.8 Å². The van der Waals surface area contributed by atoms with Gasteiger partial charge in [0.25, 0.3) is 0 Å². The van der Waals surface area contributed by atoms with Crippen LogP contribution in [-0.2, 0) is 23.9 Å². The highest BCUT2D eigenvalue weighted by Gasteiger charge is 2.30. The van der Waals surface area contributed by atoms with Crippen LogP contribution in [0.1, 0.15) is 38.5 Å². The first kappa shape index (κ1) is 26.2. The fraction of sp³-hybridized carbons (Fsp3) is 0.833. The van der Waals surface area contributed by atoms with Crippen LogP contribution < -0.4 is 5.32 Å².